The minimum absolute atomic E-state index is 0.0398. The van der Waals surface area contributed by atoms with E-state index in [2.05, 4.69) is 10.6 Å². The van der Waals surface area contributed by atoms with Crippen LogP contribution in [0.3, 0.4) is 0 Å². The van der Waals surface area contributed by atoms with E-state index >= 15 is 0 Å². The number of aliphatic carboxylic acids is 2. The second kappa shape index (κ2) is 42.1. The van der Waals surface area contributed by atoms with E-state index in [0.29, 0.717) is 6.42 Å². The molecule has 668 valence electrons. The van der Waals surface area contributed by atoms with Crippen LogP contribution in [0.4, 0.5) is 0 Å². The first kappa shape index (κ1) is 97.8. The molecule has 0 spiro atoms. The van der Waals surface area contributed by atoms with Crippen molar-refractivity contribution in [2.45, 2.75) is 339 Å². The number of carbonyl (C=O) groups excluding carboxylic acids is 2. The van der Waals surface area contributed by atoms with E-state index in [9.17, 15) is 126 Å². The van der Waals surface area contributed by atoms with Gasteiger partial charge >= 0.3 is 11.9 Å². The lowest BCUT2D eigenvalue weighted by Gasteiger charge is -2.50. The zero-order valence-electron chi connectivity index (χ0n) is 65.3. The molecule has 21 fully saturated rings. The van der Waals surface area contributed by atoms with Gasteiger partial charge in [0.05, 0.1) is 69.7 Å². The maximum absolute atomic E-state index is 13.5. The van der Waals surface area contributed by atoms with E-state index in [4.69, 9.17) is 75.8 Å². The Hall–Kier alpha value is -2.66. The number of ether oxygens (including phenoxy) is 16. The van der Waals surface area contributed by atoms with E-state index in [1.807, 2.05) is 34.6 Å². The Kier molecular flexibility index (Phi) is 35.8. The quantitative estimate of drug-likeness (QED) is 0.0346. The number of thioether (sulfide) groups is 2. The molecule has 0 radical (unpaired) electrons. The topological polar surface area (TPSA) is 665 Å². The van der Waals surface area contributed by atoms with Gasteiger partial charge in [-0.2, -0.15) is 23.5 Å². The average molecular weight is 1710 g/mol. The lowest BCUT2D eigenvalue weighted by atomic mass is 9.89. The van der Waals surface area contributed by atoms with Crippen molar-refractivity contribution in [1.29, 1.82) is 0 Å². The van der Waals surface area contributed by atoms with Crippen LogP contribution in [0.5, 0.6) is 0 Å². The maximum Gasteiger partial charge on any atom is 0.327 e. The van der Waals surface area contributed by atoms with Crippen LogP contribution in [0, 0.1) is 5.41 Å². The van der Waals surface area contributed by atoms with Crippen molar-refractivity contribution in [3.05, 3.63) is 0 Å². The van der Waals surface area contributed by atoms with Gasteiger partial charge in [-0.05, 0) is 61.3 Å². The summed E-state index contributed by atoms with van der Waals surface area (Å²) in [5, 5.41) is 245. The third-order valence-electron chi connectivity index (χ3n) is 20.9. The molecular weight excluding hydrogens is 1590 g/mol. The number of ketones is 1. The number of hydrogen-bond donors (Lipinski definition) is 23. The molecule has 21 aliphatic heterocycles. The summed E-state index contributed by atoms with van der Waals surface area (Å²) in [7, 11) is 0. The predicted molar refractivity (Wildman–Crippen MR) is 386 cm³/mol. The van der Waals surface area contributed by atoms with E-state index in [0.717, 1.165) is 23.5 Å². The lowest BCUT2D eigenvalue weighted by Crippen LogP contribution is -2.68. The highest BCUT2D eigenvalue weighted by molar-refractivity contribution is 7.99. The van der Waals surface area contributed by atoms with Crippen molar-refractivity contribution in [2.24, 2.45) is 5.41 Å². The van der Waals surface area contributed by atoms with Crippen LogP contribution in [-0.4, -0.2) is 444 Å². The molecular formula is C70H120N2O41S2. The number of hydrogen-bond acceptors (Lipinski definition) is 42. The van der Waals surface area contributed by atoms with Gasteiger partial charge in [0.15, 0.2) is 44.0 Å². The van der Waals surface area contributed by atoms with E-state index < -0.39 is 312 Å². The van der Waals surface area contributed by atoms with Crippen LogP contribution < -0.4 is 10.6 Å². The third kappa shape index (κ3) is 24.9. The second-order valence-corrected chi connectivity index (χ2v) is 35.1. The SMILES string of the molecule is CC(C)(C)NC(CSCC1OC2OC3C(CO)OC(OC4C(CO)OC(OC5C(CO)OC(OC6C(CSCC(NC(=O)CCC(C)(C)OCCC(C)(C)OCCC(=O)C(C)(C)C)C(=O)O)OC(OC7C(CO)OC(OC8C(CO)OC(OC1C(O)C2O)C(O)C8O)C(O)C7O)C(O)C6O)C(O)C5O)C(O)C4O)C(O)C3O)C(=O)O. The Morgan fingerprint density at radius 1 is 0.339 bits per heavy atom. The Bertz CT molecular complexity index is 3030. The molecule has 21 aliphatic rings. The molecule has 14 bridgehead atoms. The number of carbonyl (C=O) groups is 4. The van der Waals surface area contributed by atoms with Crippen molar-refractivity contribution in [1.82, 2.24) is 10.6 Å². The fourth-order valence-corrected chi connectivity index (χ4v) is 16.3. The van der Waals surface area contributed by atoms with Gasteiger partial charge in [0, 0.05) is 46.8 Å². The van der Waals surface area contributed by atoms with Gasteiger partial charge in [0.25, 0.3) is 0 Å². The summed E-state index contributed by atoms with van der Waals surface area (Å²) < 4.78 is 95.4. The standard InChI is InChI=1S/C70H120N2O41S2/c1-67(2,3)35(78)12-15-98-70(9,10)14-16-99-69(7,8)13-11-36(79)71-26(58(94)95)22-114-24-33-56-42(85)49(92)65(105-33)110-54-31(20-76)102-62(46(89)38(54)81)109-53-30(19-75)104-64(48(91)41(53)84)113-57-34(25-115-23-27(59(96)97)72-68(4,5)6)106-66(50(93)43(57)86)111-55-32(21-77)101-61(45(88)39(55)82)107-51-28(17-73)100-60(44(87)37(51)80)108-52-29(18-74)103-63(112-56)47(90)40(52)83/h26-34,37-57,60-66,72-77,80-93H,11-25H2,1-10H3,(H,71,79)(H,94,95)(H,96,97). The van der Waals surface area contributed by atoms with Crippen LogP contribution >= 0.6 is 23.5 Å². The molecule has 1 amide bonds. The van der Waals surface area contributed by atoms with Crippen molar-refractivity contribution >= 4 is 47.2 Å². The first-order valence-electron chi connectivity index (χ1n) is 38.0. The highest BCUT2D eigenvalue weighted by atomic mass is 32.2. The number of rotatable bonds is 28. The normalized spacial score (nSPS) is 42.0. The summed E-state index contributed by atoms with van der Waals surface area (Å²) in [5.41, 5.74) is -2.86. The molecule has 21 rings (SSSR count). The van der Waals surface area contributed by atoms with Crippen molar-refractivity contribution < 1.29 is 202 Å². The van der Waals surface area contributed by atoms with Gasteiger partial charge in [-0.3, -0.25) is 19.7 Å². The first-order chi connectivity index (χ1) is 53.8. The molecule has 43 nitrogen and oxygen atoms in total. The second-order valence-electron chi connectivity index (χ2n) is 33.0. The summed E-state index contributed by atoms with van der Waals surface area (Å²) in [4.78, 5) is 51.2. The number of aliphatic hydroxyl groups excluding tert-OH is 19. The molecule has 37 unspecified atom stereocenters. The molecule has 0 aromatic heterocycles. The van der Waals surface area contributed by atoms with Gasteiger partial charge < -0.3 is 188 Å². The molecule has 0 aliphatic carbocycles. The Morgan fingerprint density at radius 3 is 0.852 bits per heavy atom. The monoisotopic (exact) mass is 1710 g/mol. The van der Waals surface area contributed by atoms with Gasteiger partial charge in [-0.25, -0.2) is 4.79 Å². The Morgan fingerprint density at radius 2 is 0.591 bits per heavy atom. The number of aliphatic hydroxyl groups is 19. The predicted octanol–water partition coefficient (Wildman–Crippen LogP) is -9.57. The highest BCUT2D eigenvalue weighted by Crippen LogP contribution is 2.41. The van der Waals surface area contributed by atoms with Gasteiger partial charge in [0.1, 0.15) is 177 Å². The maximum atomic E-state index is 13.5. The summed E-state index contributed by atoms with van der Waals surface area (Å²) in [6.07, 6.45) is -72.6. The minimum atomic E-state index is -2.33. The smallest absolute Gasteiger partial charge is 0.327 e. The minimum Gasteiger partial charge on any atom is -0.480 e. The Labute approximate surface area is 670 Å². The molecule has 0 saturated carbocycles. The van der Waals surface area contributed by atoms with Crippen LogP contribution in [0.15, 0.2) is 0 Å². The largest absolute Gasteiger partial charge is 0.480 e. The molecule has 0 aromatic rings. The summed E-state index contributed by atoms with van der Waals surface area (Å²) in [5.74, 6) is -5.04. The summed E-state index contributed by atoms with van der Waals surface area (Å²) in [6.45, 7) is 12.5. The molecule has 45 heteroatoms. The molecule has 21 heterocycles. The number of amides is 1. The number of carboxylic acid groups (broad SMARTS) is 2. The Balaban J connectivity index is 1.06. The van der Waals surface area contributed by atoms with E-state index in [1.54, 1.807) is 34.6 Å². The van der Waals surface area contributed by atoms with Crippen molar-refractivity contribution in [3.63, 3.8) is 0 Å². The number of carboxylic acids is 2. The van der Waals surface area contributed by atoms with Crippen LogP contribution in [0.1, 0.15) is 94.9 Å². The first-order valence-corrected chi connectivity index (χ1v) is 40.3. The fourth-order valence-electron chi connectivity index (χ4n) is 14.1. The third-order valence-corrected chi connectivity index (χ3v) is 23.2. The number of nitrogens with one attached hydrogen (secondary N) is 2. The van der Waals surface area contributed by atoms with E-state index in [1.165, 1.54) is 0 Å². The van der Waals surface area contributed by atoms with Gasteiger partial charge in [-0.1, -0.05) is 20.8 Å². The molecule has 37 atom stereocenters. The fraction of sp³-hybridized carbons (Fsp3) is 0.943. The zero-order valence-corrected chi connectivity index (χ0v) is 67.0. The van der Waals surface area contributed by atoms with Crippen molar-refractivity contribution in [3.8, 4) is 0 Å². The highest BCUT2D eigenvalue weighted by Gasteiger charge is 2.60. The van der Waals surface area contributed by atoms with Crippen LogP contribution in [0.25, 0.3) is 0 Å². The molecule has 0 aromatic carbocycles. The summed E-state index contributed by atoms with van der Waals surface area (Å²) >= 11 is 1.63. The van der Waals surface area contributed by atoms with Crippen LogP contribution in [-0.2, 0) is 95.0 Å². The molecule has 21 saturated heterocycles. The molecule has 115 heavy (non-hydrogen) atoms. The van der Waals surface area contributed by atoms with Gasteiger partial charge in [0.2, 0.25) is 5.91 Å². The number of Topliss-reactive ketones (excluding diaryl/α,β-unsaturated/α-hetero) is 1. The lowest BCUT2D eigenvalue weighted by molar-refractivity contribution is -0.395. The van der Waals surface area contributed by atoms with Crippen molar-refractivity contribution in [2.75, 3.05) is 69.3 Å². The molecule has 23 N–H and O–H groups in total. The van der Waals surface area contributed by atoms with Gasteiger partial charge in [-0.15, -0.1) is 0 Å². The van der Waals surface area contributed by atoms with E-state index in [-0.39, 0.29) is 49.8 Å². The summed E-state index contributed by atoms with van der Waals surface area (Å²) in [6, 6.07) is -2.87. The average Bonchev–Trinajstić information content (AvgIpc) is 0.815. The zero-order chi connectivity index (χ0) is 85.4. The van der Waals surface area contributed by atoms with Crippen LogP contribution in [0.2, 0.25) is 0 Å².